The van der Waals surface area contributed by atoms with E-state index >= 15 is 0 Å². The lowest BCUT2D eigenvalue weighted by molar-refractivity contribution is -0.133. The van der Waals surface area contributed by atoms with Crippen LogP contribution in [0.3, 0.4) is 0 Å². The third-order valence-corrected chi connectivity index (χ3v) is 4.10. The van der Waals surface area contributed by atoms with E-state index in [1.807, 2.05) is 13.8 Å². The van der Waals surface area contributed by atoms with Gasteiger partial charge in [-0.25, -0.2) is 4.39 Å². The Morgan fingerprint density at radius 2 is 2.33 bits per heavy atom. The minimum atomic E-state index is -0.307. The minimum Gasteiger partial charge on any atom is -0.378 e. The molecule has 1 aromatic carbocycles. The van der Waals surface area contributed by atoms with E-state index < -0.39 is 0 Å². The Morgan fingerprint density at radius 3 is 3.00 bits per heavy atom. The molecule has 1 unspecified atom stereocenters. The summed E-state index contributed by atoms with van der Waals surface area (Å²) in [5, 5.41) is 2.92. The lowest BCUT2D eigenvalue weighted by Gasteiger charge is -2.35. The van der Waals surface area contributed by atoms with Gasteiger partial charge in [0.15, 0.2) is 0 Å². The Balaban J connectivity index is 2.09. The van der Waals surface area contributed by atoms with Gasteiger partial charge in [-0.2, -0.15) is 0 Å². The predicted molar refractivity (Wildman–Crippen MR) is 82.4 cm³/mol. The Kier molecular flexibility index (Phi) is 5.72. The van der Waals surface area contributed by atoms with Gasteiger partial charge in [0.1, 0.15) is 11.9 Å². The SMILES string of the molecule is CC(C)NC(=O)C1COCCN1Cc1ccc(F)cc1Br. The van der Waals surface area contributed by atoms with Crippen LogP contribution >= 0.6 is 15.9 Å². The molecule has 0 radical (unpaired) electrons. The fourth-order valence-electron chi connectivity index (χ4n) is 2.32. The average molecular weight is 359 g/mol. The number of rotatable bonds is 4. The maximum absolute atomic E-state index is 13.1. The van der Waals surface area contributed by atoms with Gasteiger partial charge in [0.05, 0.1) is 13.2 Å². The molecule has 1 fully saturated rings. The van der Waals surface area contributed by atoms with Crippen molar-refractivity contribution in [2.24, 2.45) is 0 Å². The van der Waals surface area contributed by atoms with Gasteiger partial charge in [-0.1, -0.05) is 22.0 Å². The summed E-state index contributed by atoms with van der Waals surface area (Å²) in [7, 11) is 0. The third kappa shape index (κ3) is 4.49. The number of hydrogen-bond donors (Lipinski definition) is 1. The van der Waals surface area contributed by atoms with Gasteiger partial charge in [-0.05, 0) is 31.5 Å². The van der Waals surface area contributed by atoms with E-state index in [0.717, 1.165) is 10.0 Å². The summed E-state index contributed by atoms with van der Waals surface area (Å²) in [5.74, 6) is -0.301. The molecule has 6 heteroatoms. The maximum atomic E-state index is 13.1. The number of carbonyl (C=O) groups excluding carboxylic acids is 1. The molecule has 1 aromatic rings. The average Bonchev–Trinajstić information content (AvgIpc) is 2.41. The van der Waals surface area contributed by atoms with E-state index in [2.05, 4.69) is 26.1 Å². The van der Waals surface area contributed by atoms with E-state index in [1.54, 1.807) is 6.07 Å². The summed E-state index contributed by atoms with van der Waals surface area (Å²) in [6.07, 6.45) is 0. The molecule has 21 heavy (non-hydrogen) atoms. The normalized spacial score (nSPS) is 19.8. The summed E-state index contributed by atoms with van der Waals surface area (Å²) in [4.78, 5) is 14.3. The van der Waals surface area contributed by atoms with E-state index in [4.69, 9.17) is 4.74 Å². The zero-order valence-corrected chi connectivity index (χ0v) is 13.8. The maximum Gasteiger partial charge on any atom is 0.239 e. The van der Waals surface area contributed by atoms with Crippen molar-refractivity contribution in [2.45, 2.75) is 32.5 Å². The monoisotopic (exact) mass is 358 g/mol. The molecule has 0 aromatic heterocycles. The smallest absolute Gasteiger partial charge is 0.239 e. The molecule has 1 heterocycles. The standard InChI is InChI=1S/C15H20BrFN2O2/c1-10(2)18-15(20)14-9-21-6-5-19(14)8-11-3-4-12(17)7-13(11)16/h3-4,7,10,14H,5-6,8-9H2,1-2H3,(H,18,20). The topological polar surface area (TPSA) is 41.6 Å². The van der Waals surface area contributed by atoms with E-state index in [-0.39, 0.29) is 23.8 Å². The molecule has 1 N–H and O–H groups in total. The highest BCUT2D eigenvalue weighted by molar-refractivity contribution is 9.10. The third-order valence-electron chi connectivity index (χ3n) is 3.36. The molecule has 0 aliphatic carbocycles. The van der Waals surface area contributed by atoms with E-state index in [1.165, 1.54) is 12.1 Å². The van der Waals surface area contributed by atoms with Crippen LogP contribution in [0.15, 0.2) is 22.7 Å². The number of ether oxygens (including phenoxy) is 1. The van der Waals surface area contributed by atoms with Crippen molar-refractivity contribution in [3.63, 3.8) is 0 Å². The van der Waals surface area contributed by atoms with Crippen LogP contribution < -0.4 is 5.32 Å². The molecule has 0 saturated carbocycles. The summed E-state index contributed by atoms with van der Waals surface area (Å²) in [5.41, 5.74) is 0.959. The molecule has 1 amide bonds. The number of halogens is 2. The van der Waals surface area contributed by atoms with Gasteiger partial charge in [-0.15, -0.1) is 0 Å². The number of hydrogen-bond acceptors (Lipinski definition) is 3. The Morgan fingerprint density at radius 1 is 1.57 bits per heavy atom. The highest BCUT2D eigenvalue weighted by Crippen LogP contribution is 2.21. The summed E-state index contributed by atoms with van der Waals surface area (Å²) >= 11 is 3.37. The second kappa shape index (κ2) is 7.33. The van der Waals surface area contributed by atoms with Crippen molar-refractivity contribution in [3.05, 3.63) is 34.1 Å². The Hall–Kier alpha value is -0.980. The quantitative estimate of drug-likeness (QED) is 0.897. The predicted octanol–water partition coefficient (Wildman–Crippen LogP) is 2.31. The molecular formula is C15H20BrFN2O2. The van der Waals surface area contributed by atoms with Gasteiger partial charge in [0.25, 0.3) is 0 Å². The molecule has 1 atom stereocenters. The molecule has 4 nitrogen and oxygen atoms in total. The van der Waals surface area contributed by atoms with Crippen LogP contribution in [0.5, 0.6) is 0 Å². The fourth-order valence-corrected chi connectivity index (χ4v) is 2.79. The van der Waals surface area contributed by atoms with Crippen molar-refractivity contribution in [2.75, 3.05) is 19.8 Å². The molecule has 0 spiro atoms. The zero-order valence-electron chi connectivity index (χ0n) is 12.2. The molecule has 0 bridgehead atoms. The second-order valence-electron chi connectivity index (χ2n) is 5.46. The van der Waals surface area contributed by atoms with Crippen molar-refractivity contribution in [1.29, 1.82) is 0 Å². The number of nitrogens with one attached hydrogen (secondary N) is 1. The van der Waals surface area contributed by atoms with Gasteiger partial charge in [0, 0.05) is 23.6 Å². The van der Waals surface area contributed by atoms with Crippen molar-refractivity contribution < 1.29 is 13.9 Å². The van der Waals surface area contributed by atoms with Crippen LogP contribution in [-0.2, 0) is 16.1 Å². The fraction of sp³-hybridized carbons (Fsp3) is 0.533. The molecular weight excluding hydrogens is 339 g/mol. The number of morpholine rings is 1. The zero-order chi connectivity index (χ0) is 15.4. The first-order chi connectivity index (χ1) is 9.97. The van der Waals surface area contributed by atoms with E-state index in [9.17, 15) is 9.18 Å². The van der Waals surface area contributed by atoms with Crippen LogP contribution in [-0.4, -0.2) is 42.6 Å². The number of carbonyl (C=O) groups is 1. The van der Waals surface area contributed by atoms with Crippen LogP contribution in [0, 0.1) is 5.82 Å². The summed E-state index contributed by atoms with van der Waals surface area (Å²) < 4.78 is 19.3. The summed E-state index contributed by atoms with van der Waals surface area (Å²) in [6.45, 7) is 6.12. The molecule has 116 valence electrons. The lowest BCUT2D eigenvalue weighted by Crippen LogP contribution is -2.54. The molecule has 1 aliphatic heterocycles. The largest absolute Gasteiger partial charge is 0.378 e. The van der Waals surface area contributed by atoms with Crippen LogP contribution in [0.1, 0.15) is 19.4 Å². The highest BCUT2D eigenvalue weighted by atomic mass is 79.9. The van der Waals surface area contributed by atoms with Crippen LogP contribution in [0.4, 0.5) is 4.39 Å². The number of amides is 1. The number of nitrogens with zero attached hydrogens (tertiary/aromatic N) is 1. The highest BCUT2D eigenvalue weighted by Gasteiger charge is 2.30. The first kappa shape index (κ1) is 16.4. The Bertz CT molecular complexity index is 510. The molecule has 2 rings (SSSR count). The van der Waals surface area contributed by atoms with Crippen LogP contribution in [0.2, 0.25) is 0 Å². The van der Waals surface area contributed by atoms with E-state index in [0.29, 0.717) is 26.3 Å². The van der Waals surface area contributed by atoms with Crippen molar-refractivity contribution in [1.82, 2.24) is 10.2 Å². The van der Waals surface area contributed by atoms with Gasteiger partial charge >= 0.3 is 0 Å². The van der Waals surface area contributed by atoms with Gasteiger partial charge in [0.2, 0.25) is 5.91 Å². The summed E-state index contributed by atoms with van der Waals surface area (Å²) in [6, 6.07) is 4.41. The van der Waals surface area contributed by atoms with Crippen LogP contribution in [0.25, 0.3) is 0 Å². The van der Waals surface area contributed by atoms with Gasteiger partial charge in [-0.3, -0.25) is 9.69 Å². The first-order valence-corrected chi connectivity index (χ1v) is 7.82. The molecule has 1 aliphatic rings. The minimum absolute atomic E-state index is 0.0251. The molecule has 1 saturated heterocycles. The second-order valence-corrected chi connectivity index (χ2v) is 6.31. The number of benzene rings is 1. The Labute approximate surface area is 132 Å². The van der Waals surface area contributed by atoms with Crippen molar-refractivity contribution >= 4 is 21.8 Å². The van der Waals surface area contributed by atoms with Crippen molar-refractivity contribution in [3.8, 4) is 0 Å². The lowest BCUT2D eigenvalue weighted by atomic mass is 10.1. The van der Waals surface area contributed by atoms with Gasteiger partial charge < -0.3 is 10.1 Å². The first-order valence-electron chi connectivity index (χ1n) is 7.03.